The molecule has 0 aromatic heterocycles. The van der Waals surface area contributed by atoms with E-state index in [1.165, 1.54) is 7.11 Å². The minimum Gasteiger partial charge on any atom is -0.467 e. The quantitative estimate of drug-likeness (QED) is 0.593. The van der Waals surface area contributed by atoms with Gasteiger partial charge in [-0.25, -0.2) is 14.0 Å². The molecule has 0 radical (unpaired) electrons. The summed E-state index contributed by atoms with van der Waals surface area (Å²) in [6.07, 6.45) is -3.43. The molecule has 0 spiro atoms. The molecule has 0 saturated carbocycles. The zero-order valence-electron chi connectivity index (χ0n) is 13.3. The number of methoxy groups -OCH3 is 1. The molecule has 8 heteroatoms. The van der Waals surface area contributed by atoms with Crippen molar-refractivity contribution in [2.24, 2.45) is 0 Å². The molecule has 0 aliphatic carbocycles. The second kappa shape index (κ2) is 7.12. The van der Waals surface area contributed by atoms with Gasteiger partial charge in [-0.3, -0.25) is 4.90 Å². The van der Waals surface area contributed by atoms with E-state index in [2.05, 4.69) is 15.9 Å². The van der Waals surface area contributed by atoms with Crippen molar-refractivity contribution in [3.05, 3.63) is 0 Å². The fourth-order valence-electron chi connectivity index (χ4n) is 2.59. The maximum absolute atomic E-state index is 14.0. The second-order valence-electron chi connectivity index (χ2n) is 6.43. The Balaban J connectivity index is 3.14. The Bertz CT molecular complexity index is 428. The van der Waals surface area contributed by atoms with Crippen LogP contribution in [0.1, 0.15) is 33.6 Å². The first-order valence-corrected chi connectivity index (χ1v) is 8.15. The lowest BCUT2D eigenvalue weighted by Crippen LogP contribution is -2.56. The van der Waals surface area contributed by atoms with E-state index in [-0.39, 0.29) is 24.7 Å². The molecule has 1 N–H and O–H groups in total. The number of ether oxygens (including phenoxy) is 2. The van der Waals surface area contributed by atoms with E-state index in [0.717, 1.165) is 4.90 Å². The number of carbonyl (C=O) groups is 2. The van der Waals surface area contributed by atoms with Crippen molar-refractivity contribution in [2.75, 3.05) is 19.0 Å². The normalized spacial score (nSPS) is 26.7. The number of hydrogen-bond acceptors (Lipinski definition) is 5. The summed E-state index contributed by atoms with van der Waals surface area (Å²) in [4.78, 5) is 25.6. The van der Waals surface area contributed by atoms with Crippen molar-refractivity contribution in [3.8, 4) is 0 Å². The number of hydrogen-bond donors (Lipinski definition) is 1. The molecule has 128 valence electrons. The van der Waals surface area contributed by atoms with Gasteiger partial charge in [0.15, 0.2) is 0 Å². The largest absolute Gasteiger partial charge is 0.467 e. The van der Waals surface area contributed by atoms with Crippen LogP contribution in [0, 0.1) is 0 Å². The summed E-state index contributed by atoms with van der Waals surface area (Å²) in [5.74, 6) is -0.751. The van der Waals surface area contributed by atoms with E-state index in [9.17, 15) is 19.1 Å². The lowest BCUT2D eigenvalue weighted by atomic mass is 9.89. The van der Waals surface area contributed by atoms with E-state index in [0.29, 0.717) is 0 Å². The summed E-state index contributed by atoms with van der Waals surface area (Å²) in [5.41, 5.74) is -2.33. The molecule has 1 aliphatic rings. The van der Waals surface area contributed by atoms with Crippen molar-refractivity contribution < 1.29 is 28.6 Å². The molecule has 3 atom stereocenters. The van der Waals surface area contributed by atoms with Crippen molar-refractivity contribution in [2.45, 2.75) is 57.0 Å². The van der Waals surface area contributed by atoms with Gasteiger partial charge < -0.3 is 14.6 Å². The van der Waals surface area contributed by atoms with Crippen molar-refractivity contribution in [1.82, 2.24) is 4.90 Å². The molecule has 1 heterocycles. The minimum absolute atomic E-state index is 0.120. The fourth-order valence-corrected chi connectivity index (χ4v) is 2.81. The molecule has 1 rings (SSSR count). The van der Waals surface area contributed by atoms with Gasteiger partial charge in [0.1, 0.15) is 17.3 Å². The van der Waals surface area contributed by atoms with E-state index >= 15 is 0 Å². The Hall–Kier alpha value is -0.890. The number of nitrogens with zero attached hydrogens (tertiary/aromatic N) is 1. The lowest BCUT2D eigenvalue weighted by Gasteiger charge is -2.37. The smallest absolute Gasteiger partial charge is 0.411 e. The summed E-state index contributed by atoms with van der Waals surface area (Å²) < 4.78 is 24.0. The first kappa shape index (κ1) is 19.2. The Kier molecular flexibility index (Phi) is 6.20. The maximum atomic E-state index is 14.0. The molecule has 6 nitrogen and oxygen atoms in total. The highest BCUT2D eigenvalue weighted by atomic mass is 79.9. The average molecular weight is 384 g/mol. The molecular weight excluding hydrogens is 361 g/mol. The molecule has 1 saturated heterocycles. The number of carbonyl (C=O) groups excluding carboxylic acids is 2. The highest BCUT2D eigenvalue weighted by molar-refractivity contribution is 9.09. The number of rotatable bonds is 4. The van der Waals surface area contributed by atoms with Crippen molar-refractivity contribution in [3.63, 3.8) is 0 Å². The average Bonchev–Trinajstić information content (AvgIpc) is 2.73. The number of alkyl halides is 2. The van der Waals surface area contributed by atoms with Crippen LogP contribution in [-0.2, 0) is 14.3 Å². The molecule has 0 aromatic carbocycles. The third-order valence-electron chi connectivity index (χ3n) is 3.39. The number of halogens is 2. The molecule has 1 fully saturated rings. The zero-order chi connectivity index (χ0) is 17.1. The van der Waals surface area contributed by atoms with Crippen LogP contribution in [0.4, 0.5) is 9.18 Å². The number of esters is 1. The van der Waals surface area contributed by atoms with Crippen LogP contribution in [0.25, 0.3) is 0 Å². The SMILES string of the molecule is COC(=O)[C@@]1(CC(O)CBr)C[C@@H](F)CN1C(=O)OC(C)(C)C. The molecule has 0 aromatic rings. The van der Waals surface area contributed by atoms with Crippen LogP contribution in [-0.4, -0.2) is 64.5 Å². The summed E-state index contributed by atoms with van der Waals surface area (Å²) >= 11 is 3.11. The summed E-state index contributed by atoms with van der Waals surface area (Å²) in [7, 11) is 1.17. The van der Waals surface area contributed by atoms with Crippen molar-refractivity contribution >= 4 is 28.0 Å². The predicted octanol–water partition coefficient (Wildman–Crippen LogP) is 2.02. The highest BCUT2D eigenvalue weighted by Crippen LogP contribution is 2.37. The maximum Gasteiger partial charge on any atom is 0.411 e. The van der Waals surface area contributed by atoms with Crippen LogP contribution >= 0.6 is 15.9 Å². The molecule has 22 heavy (non-hydrogen) atoms. The molecular formula is C14H23BrFNO5. The third-order valence-corrected chi connectivity index (χ3v) is 4.13. The topological polar surface area (TPSA) is 76.1 Å². The second-order valence-corrected chi connectivity index (χ2v) is 7.08. The standard InChI is InChI=1S/C14H23BrFNO5/c1-13(2,3)22-12(20)17-8-9(16)5-14(17,11(19)21-4)6-10(18)7-15/h9-10,18H,5-8H2,1-4H3/t9-,10?,14+/m1/s1. The van der Waals surface area contributed by atoms with Gasteiger partial charge in [-0.2, -0.15) is 0 Å². The van der Waals surface area contributed by atoms with Crippen LogP contribution in [0.5, 0.6) is 0 Å². The van der Waals surface area contributed by atoms with Gasteiger partial charge in [0.05, 0.1) is 19.8 Å². The van der Waals surface area contributed by atoms with Gasteiger partial charge in [-0.15, -0.1) is 0 Å². The van der Waals surface area contributed by atoms with Crippen LogP contribution in [0.15, 0.2) is 0 Å². The monoisotopic (exact) mass is 383 g/mol. The molecule has 1 unspecified atom stereocenters. The fraction of sp³-hybridized carbons (Fsp3) is 0.857. The Morgan fingerprint density at radius 1 is 1.50 bits per heavy atom. The number of aliphatic hydroxyl groups is 1. The lowest BCUT2D eigenvalue weighted by molar-refractivity contribution is -0.155. The van der Waals surface area contributed by atoms with Gasteiger partial charge in [-0.05, 0) is 20.8 Å². The van der Waals surface area contributed by atoms with Crippen LogP contribution < -0.4 is 0 Å². The van der Waals surface area contributed by atoms with E-state index < -0.39 is 35.5 Å². The Labute approximate surface area is 138 Å². The first-order valence-electron chi connectivity index (χ1n) is 7.03. The van der Waals surface area contributed by atoms with Gasteiger partial charge in [0.25, 0.3) is 0 Å². The summed E-state index contributed by atoms with van der Waals surface area (Å²) in [6.45, 7) is 4.78. The van der Waals surface area contributed by atoms with Crippen LogP contribution in [0.3, 0.4) is 0 Å². The molecule has 1 aliphatic heterocycles. The van der Waals surface area contributed by atoms with Gasteiger partial charge in [-0.1, -0.05) is 15.9 Å². The van der Waals surface area contributed by atoms with E-state index in [4.69, 9.17) is 9.47 Å². The minimum atomic E-state index is -1.55. The van der Waals surface area contributed by atoms with Crippen molar-refractivity contribution in [1.29, 1.82) is 0 Å². The number of amides is 1. The highest BCUT2D eigenvalue weighted by Gasteiger charge is 2.56. The third kappa shape index (κ3) is 4.32. The summed E-state index contributed by atoms with van der Waals surface area (Å²) in [6, 6.07) is 0. The molecule has 0 bridgehead atoms. The first-order chi connectivity index (χ1) is 10.1. The van der Waals surface area contributed by atoms with Gasteiger partial charge in [0, 0.05) is 18.2 Å². The summed E-state index contributed by atoms with van der Waals surface area (Å²) in [5, 5.41) is 10.1. The number of likely N-dealkylation sites (tertiary alicyclic amines) is 1. The van der Waals surface area contributed by atoms with Gasteiger partial charge in [0.2, 0.25) is 0 Å². The van der Waals surface area contributed by atoms with Gasteiger partial charge >= 0.3 is 12.1 Å². The Morgan fingerprint density at radius 3 is 2.55 bits per heavy atom. The Morgan fingerprint density at radius 2 is 2.09 bits per heavy atom. The number of aliphatic hydroxyl groups excluding tert-OH is 1. The van der Waals surface area contributed by atoms with Crippen LogP contribution in [0.2, 0.25) is 0 Å². The zero-order valence-corrected chi connectivity index (χ0v) is 14.9. The molecule has 1 amide bonds. The predicted molar refractivity (Wildman–Crippen MR) is 81.6 cm³/mol. The van der Waals surface area contributed by atoms with E-state index in [1.54, 1.807) is 20.8 Å². The van der Waals surface area contributed by atoms with E-state index in [1.807, 2.05) is 0 Å².